The molecule has 2 aromatic rings. The predicted octanol–water partition coefficient (Wildman–Crippen LogP) is 4.21. The molecule has 2 N–H and O–H groups in total. The Hall–Kier alpha value is -3.02. The molecule has 0 bridgehead atoms. The Bertz CT molecular complexity index is 848. The highest BCUT2D eigenvalue weighted by molar-refractivity contribution is 5.89. The van der Waals surface area contributed by atoms with Gasteiger partial charge in [0.1, 0.15) is 17.8 Å². The summed E-state index contributed by atoms with van der Waals surface area (Å²) in [6.45, 7) is 0. The van der Waals surface area contributed by atoms with Gasteiger partial charge in [-0.2, -0.15) is 0 Å². The van der Waals surface area contributed by atoms with E-state index in [0.717, 1.165) is 42.7 Å². The Balaban J connectivity index is 1.81. The molecule has 1 fully saturated rings. The van der Waals surface area contributed by atoms with Gasteiger partial charge >= 0.3 is 5.97 Å². The number of carbonyl (C=O) groups is 2. The summed E-state index contributed by atoms with van der Waals surface area (Å²) in [5.74, 6) is -0.244. The molecule has 31 heavy (non-hydrogen) atoms. The van der Waals surface area contributed by atoms with Crippen LogP contribution in [0.1, 0.15) is 37.7 Å². The van der Waals surface area contributed by atoms with Crippen LogP contribution >= 0.6 is 0 Å². The van der Waals surface area contributed by atoms with Crippen molar-refractivity contribution in [2.45, 2.75) is 50.6 Å². The van der Waals surface area contributed by atoms with Gasteiger partial charge in [-0.05, 0) is 48.6 Å². The van der Waals surface area contributed by atoms with Crippen molar-refractivity contribution in [3.05, 3.63) is 60.2 Å². The zero-order chi connectivity index (χ0) is 22.2. The lowest BCUT2D eigenvalue weighted by molar-refractivity contribution is -0.149. The van der Waals surface area contributed by atoms with E-state index < -0.39 is 18.1 Å². The van der Waals surface area contributed by atoms with Crippen molar-refractivity contribution in [2.75, 3.05) is 19.5 Å². The summed E-state index contributed by atoms with van der Waals surface area (Å²) in [7, 11) is 3.22. The predicted molar refractivity (Wildman–Crippen MR) is 121 cm³/mol. The van der Waals surface area contributed by atoms with Gasteiger partial charge in [0, 0.05) is 19.2 Å². The lowest BCUT2D eigenvalue weighted by Crippen LogP contribution is -2.52. The van der Waals surface area contributed by atoms with Crippen LogP contribution in [0.15, 0.2) is 54.6 Å². The number of aliphatic carboxylic acids is 1. The summed E-state index contributed by atoms with van der Waals surface area (Å²) < 4.78 is 5.22. The Morgan fingerprint density at radius 3 is 2.29 bits per heavy atom. The van der Waals surface area contributed by atoms with E-state index >= 15 is 0 Å². The van der Waals surface area contributed by atoms with Crippen LogP contribution in [0.5, 0.6) is 5.75 Å². The molecule has 3 rings (SSSR count). The molecule has 0 radical (unpaired) electrons. The fraction of sp³-hybridized carbons (Fsp3) is 0.440. The highest BCUT2D eigenvalue weighted by Gasteiger charge is 2.36. The first-order chi connectivity index (χ1) is 15.0. The monoisotopic (exact) mass is 424 g/mol. The van der Waals surface area contributed by atoms with Gasteiger partial charge in [0.15, 0.2) is 0 Å². The minimum Gasteiger partial charge on any atom is -0.497 e. The summed E-state index contributed by atoms with van der Waals surface area (Å²) in [5.41, 5.74) is 1.72. The van der Waals surface area contributed by atoms with Crippen LogP contribution in [-0.4, -0.2) is 48.1 Å². The van der Waals surface area contributed by atoms with Crippen LogP contribution in [-0.2, 0) is 16.0 Å². The van der Waals surface area contributed by atoms with Gasteiger partial charge in [-0.1, -0.05) is 49.6 Å². The van der Waals surface area contributed by atoms with Gasteiger partial charge in [-0.15, -0.1) is 0 Å². The number of carboxylic acid groups (broad SMARTS) is 1. The standard InChI is InChI=1S/C25H32N2O4/c1-27(22(25(29)30)17-18-9-5-3-6-10-18)24(28)23(19-11-7-4-8-12-19)26-20-13-15-21(31-2)16-14-20/h3,5-6,9-10,13-16,19,22-23,26H,4,7-8,11-12,17H2,1-2H3,(H,29,30)/t22-,23?/m0/s1. The van der Waals surface area contributed by atoms with E-state index in [4.69, 9.17) is 4.74 Å². The molecule has 0 heterocycles. The molecule has 1 aliphatic carbocycles. The van der Waals surface area contributed by atoms with Crippen molar-refractivity contribution in [3.63, 3.8) is 0 Å². The largest absolute Gasteiger partial charge is 0.497 e. The van der Waals surface area contributed by atoms with Crippen LogP contribution in [0.4, 0.5) is 5.69 Å². The molecule has 0 aliphatic heterocycles. The molecule has 0 aromatic heterocycles. The van der Waals surface area contributed by atoms with Crippen molar-refractivity contribution < 1.29 is 19.4 Å². The number of carbonyl (C=O) groups excluding carboxylic acids is 1. The van der Waals surface area contributed by atoms with E-state index in [9.17, 15) is 14.7 Å². The molecule has 166 valence electrons. The molecule has 1 saturated carbocycles. The molecule has 6 nitrogen and oxygen atoms in total. The Kier molecular flexibility index (Phi) is 7.93. The Morgan fingerprint density at radius 1 is 1.06 bits per heavy atom. The lowest BCUT2D eigenvalue weighted by Gasteiger charge is -2.35. The molecule has 0 spiro atoms. The molecule has 1 aliphatic rings. The first kappa shape index (κ1) is 22.7. The van der Waals surface area contributed by atoms with Gasteiger partial charge in [0.05, 0.1) is 7.11 Å². The number of nitrogens with zero attached hydrogens (tertiary/aromatic N) is 1. The third-order valence-electron chi connectivity index (χ3n) is 6.17. The van der Waals surface area contributed by atoms with Gasteiger partial charge in [-0.25, -0.2) is 4.79 Å². The lowest BCUT2D eigenvalue weighted by atomic mass is 9.83. The molecular formula is C25H32N2O4. The van der Waals surface area contributed by atoms with Crippen LogP contribution in [0.2, 0.25) is 0 Å². The number of anilines is 1. The topological polar surface area (TPSA) is 78.9 Å². The van der Waals surface area contributed by atoms with Crippen LogP contribution in [0, 0.1) is 5.92 Å². The second kappa shape index (κ2) is 10.8. The number of ether oxygens (including phenoxy) is 1. The Morgan fingerprint density at radius 2 is 1.71 bits per heavy atom. The van der Waals surface area contributed by atoms with E-state index in [1.165, 1.54) is 11.3 Å². The van der Waals surface area contributed by atoms with Crippen molar-refractivity contribution in [2.24, 2.45) is 5.92 Å². The third kappa shape index (κ3) is 6.00. The maximum Gasteiger partial charge on any atom is 0.326 e. The molecular weight excluding hydrogens is 392 g/mol. The quantitative estimate of drug-likeness (QED) is 0.630. The van der Waals surface area contributed by atoms with E-state index in [1.807, 2.05) is 54.6 Å². The number of benzene rings is 2. The minimum atomic E-state index is -0.994. The number of carboxylic acids is 1. The molecule has 1 unspecified atom stereocenters. The molecule has 6 heteroatoms. The molecule has 2 atom stereocenters. The summed E-state index contributed by atoms with van der Waals surface area (Å²) >= 11 is 0. The Labute approximate surface area is 184 Å². The van der Waals surface area contributed by atoms with Crippen molar-refractivity contribution in [1.82, 2.24) is 4.90 Å². The number of rotatable bonds is 9. The second-order valence-corrected chi connectivity index (χ2v) is 8.24. The van der Waals surface area contributed by atoms with E-state index in [-0.39, 0.29) is 18.2 Å². The fourth-order valence-electron chi connectivity index (χ4n) is 4.32. The van der Waals surface area contributed by atoms with Crippen LogP contribution in [0.3, 0.4) is 0 Å². The number of nitrogens with one attached hydrogen (secondary N) is 1. The number of hydrogen-bond donors (Lipinski definition) is 2. The summed E-state index contributed by atoms with van der Waals surface area (Å²) in [6, 6.07) is 15.5. The van der Waals surface area contributed by atoms with Crippen molar-refractivity contribution >= 4 is 17.6 Å². The maximum atomic E-state index is 13.6. The van der Waals surface area contributed by atoms with Crippen molar-refractivity contribution in [1.29, 1.82) is 0 Å². The average molecular weight is 425 g/mol. The fourth-order valence-corrected chi connectivity index (χ4v) is 4.32. The average Bonchev–Trinajstić information content (AvgIpc) is 2.81. The van der Waals surface area contributed by atoms with Gasteiger partial charge in [-0.3, -0.25) is 4.79 Å². The van der Waals surface area contributed by atoms with Gasteiger partial charge < -0.3 is 20.1 Å². The molecule has 0 saturated heterocycles. The van der Waals surface area contributed by atoms with Crippen LogP contribution < -0.4 is 10.1 Å². The smallest absolute Gasteiger partial charge is 0.326 e. The SMILES string of the molecule is COc1ccc(NC(C(=O)N(C)[C@@H](Cc2ccccc2)C(=O)O)C2CCCCC2)cc1. The first-order valence-electron chi connectivity index (χ1n) is 10.9. The highest BCUT2D eigenvalue weighted by Crippen LogP contribution is 2.30. The zero-order valence-electron chi connectivity index (χ0n) is 18.3. The van der Waals surface area contributed by atoms with Crippen molar-refractivity contribution in [3.8, 4) is 5.75 Å². The van der Waals surface area contributed by atoms with E-state index in [2.05, 4.69) is 5.32 Å². The second-order valence-electron chi connectivity index (χ2n) is 8.24. The zero-order valence-corrected chi connectivity index (χ0v) is 18.3. The molecule has 2 aromatic carbocycles. The normalized spacial score (nSPS) is 16.2. The third-order valence-corrected chi connectivity index (χ3v) is 6.17. The number of hydrogen-bond acceptors (Lipinski definition) is 4. The summed E-state index contributed by atoms with van der Waals surface area (Å²) in [6.07, 6.45) is 5.57. The number of likely N-dealkylation sites (N-methyl/N-ethyl adjacent to an activating group) is 1. The number of methoxy groups -OCH3 is 1. The highest BCUT2D eigenvalue weighted by atomic mass is 16.5. The molecule has 1 amide bonds. The summed E-state index contributed by atoms with van der Waals surface area (Å²) in [5, 5.41) is 13.3. The number of amides is 1. The minimum absolute atomic E-state index is 0.175. The van der Waals surface area contributed by atoms with Gasteiger partial charge in [0.25, 0.3) is 0 Å². The van der Waals surface area contributed by atoms with E-state index in [1.54, 1.807) is 14.2 Å². The maximum absolute atomic E-state index is 13.6. The van der Waals surface area contributed by atoms with Crippen LogP contribution in [0.25, 0.3) is 0 Å². The van der Waals surface area contributed by atoms with E-state index in [0.29, 0.717) is 0 Å². The first-order valence-corrected chi connectivity index (χ1v) is 10.9. The van der Waals surface area contributed by atoms with Gasteiger partial charge in [0.2, 0.25) is 5.91 Å². The summed E-state index contributed by atoms with van der Waals surface area (Å²) in [4.78, 5) is 27.0.